The van der Waals surface area contributed by atoms with Gasteiger partial charge in [-0.15, -0.1) is 0 Å². The highest BCUT2D eigenvalue weighted by Crippen LogP contribution is 2.64. The fourth-order valence-corrected chi connectivity index (χ4v) is 6.19. The highest BCUT2D eigenvalue weighted by molar-refractivity contribution is 6.33. The van der Waals surface area contributed by atoms with Crippen LogP contribution in [0.3, 0.4) is 0 Å². The Balaban J connectivity index is 1.29. The number of halogens is 1. The van der Waals surface area contributed by atoms with Gasteiger partial charge in [0.05, 0.1) is 15.9 Å². The normalized spacial score (nSPS) is 28.8. The molecular formula is C24H25ClN6O2. The van der Waals surface area contributed by atoms with Crippen molar-refractivity contribution < 1.29 is 10.2 Å². The summed E-state index contributed by atoms with van der Waals surface area (Å²) >= 11 is 6.09. The lowest BCUT2D eigenvalue weighted by molar-refractivity contribution is -0.153. The molecular weight excluding hydrogens is 440 g/mol. The Hall–Kier alpha value is -2.94. The van der Waals surface area contributed by atoms with Gasteiger partial charge in [-0.05, 0) is 55.4 Å². The van der Waals surface area contributed by atoms with E-state index in [2.05, 4.69) is 21.0 Å². The van der Waals surface area contributed by atoms with Crippen LogP contribution in [-0.2, 0) is 12.1 Å². The molecule has 0 unspecified atom stereocenters. The molecule has 2 fully saturated rings. The molecule has 1 aromatic carbocycles. The molecule has 0 saturated heterocycles. The van der Waals surface area contributed by atoms with Gasteiger partial charge in [0.15, 0.2) is 5.72 Å². The third-order valence-corrected chi connectivity index (χ3v) is 8.27. The number of anilines is 2. The van der Waals surface area contributed by atoms with Crippen molar-refractivity contribution in [1.82, 2.24) is 19.5 Å². The van der Waals surface area contributed by atoms with Crippen LogP contribution in [0.25, 0.3) is 21.9 Å². The van der Waals surface area contributed by atoms with Crippen molar-refractivity contribution in [2.24, 2.45) is 11.3 Å². The van der Waals surface area contributed by atoms with Crippen molar-refractivity contribution in [1.29, 1.82) is 0 Å². The molecule has 2 aliphatic carbocycles. The minimum atomic E-state index is -1.43. The Morgan fingerprint density at radius 2 is 2.00 bits per heavy atom. The van der Waals surface area contributed by atoms with Gasteiger partial charge in [-0.3, -0.25) is 0 Å². The van der Waals surface area contributed by atoms with E-state index in [1.54, 1.807) is 16.8 Å². The summed E-state index contributed by atoms with van der Waals surface area (Å²) in [5.41, 5.74) is 12.5. The van der Waals surface area contributed by atoms with Crippen LogP contribution in [0, 0.1) is 11.3 Å². The third kappa shape index (κ3) is 2.87. The number of pyridine rings is 1. The van der Waals surface area contributed by atoms with Crippen molar-refractivity contribution in [3.05, 3.63) is 53.4 Å². The van der Waals surface area contributed by atoms with Crippen LogP contribution < -0.4 is 11.5 Å². The van der Waals surface area contributed by atoms with E-state index >= 15 is 0 Å². The molecule has 0 bridgehead atoms. The molecule has 6 rings (SSSR count). The van der Waals surface area contributed by atoms with Gasteiger partial charge in [0, 0.05) is 23.4 Å². The van der Waals surface area contributed by atoms with Crippen LogP contribution in [0.15, 0.2) is 42.9 Å². The first kappa shape index (κ1) is 20.7. The number of aromatic nitrogens is 4. The van der Waals surface area contributed by atoms with Crippen LogP contribution in [0.1, 0.15) is 31.2 Å². The zero-order valence-electron chi connectivity index (χ0n) is 17.9. The molecule has 8 nitrogen and oxygen atoms in total. The first-order chi connectivity index (χ1) is 15.8. The summed E-state index contributed by atoms with van der Waals surface area (Å²) in [5, 5.41) is 25.3. The predicted octanol–water partition coefficient (Wildman–Crippen LogP) is 3.24. The van der Waals surface area contributed by atoms with Gasteiger partial charge in [-0.25, -0.2) is 15.0 Å². The molecule has 3 heterocycles. The van der Waals surface area contributed by atoms with E-state index in [0.717, 1.165) is 42.1 Å². The summed E-state index contributed by atoms with van der Waals surface area (Å²) in [4.78, 5) is 12.8. The van der Waals surface area contributed by atoms with Gasteiger partial charge >= 0.3 is 0 Å². The van der Waals surface area contributed by atoms with Crippen LogP contribution in [0.2, 0.25) is 5.02 Å². The van der Waals surface area contributed by atoms with E-state index in [9.17, 15) is 10.2 Å². The van der Waals surface area contributed by atoms with E-state index in [1.165, 1.54) is 6.33 Å². The van der Waals surface area contributed by atoms with Crippen molar-refractivity contribution in [2.45, 2.75) is 43.9 Å². The summed E-state index contributed by atoms with van der Waals surface area (Å²) in [6.45, 7) is 0. The van der Waals surface area contributed by atoms with Crippen LogP contribution in [-0.4, -0.2) is 35.8 Å². The maximum atomic E-state index is 11.7. The van der Waals surface area contributed by atoms with E-state index < -0.39 is 11.8 Å². The number of hydrogen-bond acceptors (Lipinski definition) is 7. The first-order valence-electron chi connectivity index (χ1n) is 11.1. The van der Waals surface area contributed by atoms with Crippen LogP contribution in [0.4, 0.5) is 11.6 Å². The van der Waals surface area contributed by atoms with Crippen molar-refractivity contribution >= 4 is 45.2 Å². The van der Waals surface area contributed by atoms with Gasteiger partial charge in [0.2, 0.25) is 0 Å². The second kappa shape index (κ2) is 7.03. The van der Waals surface area contributed by atoms with Crippen molar-refractivity contribution in [2.75, 3.05) is 11.5 Å². The van der Waals surface area contributed by atoms with E-state index in [1.807, 2.05) is 18.2 Å². The average Bonchev–Trinajstić information content (AvgIpc) is 3.28. The standard InChI is InChI=1S/C24H25ClN6O2/c25-17-10-14-2-1-13(9-18(14)30-20(17)27)3-6-23-7-4-15(23)11-24(33,22(23)32)31-8-5-16-19(26)28-12-29-21(16)31/h1-2,5,8-10,12,15,22,32-33H,3-4,6-7,11H2,(H2,27,30)(H2,26,28,29)/t15-,22-,23-,24-/m1/s1. The van der Waals surface area contributed by atoms with Crippen LogP contribution in [0.5, 0.6) is 0 Å². The number of benzene rings is 1. The molecule has 2 saturated carbocycles. The Morgan fingerprint density at radius 3 is 2.79 bits per heavy atom. The lowest BCUT2D eigenvalue weighted by atomic mass is 9.58. The number of aliphatic hydroxyl groups is 2. The molecule has 0 amide bonds. The molecule has 33 heavy (non-hydrogen) atoms. The maximum absolute atomic E-state index is 11.7. The Bertz CT molecular complexity index is 1410. The van der Waals surface area contributed by atoms with Gasteiger partial charge in [-0.2, -0.15) is 0 Å². The molecule has 3 aromatic heterocycles. The monoisotopic (exact) mass is 464 g/mol. The molecule has 4 atom stereocenters. The molecule has 0 spiro atoms. The van der Waals surface area contributed by atoms with Gasteiger partial charge in [0.25, 0.3) is 0 Å². The average molecular weight is 465 g/mol. The summed E-state index contributed by atoms with van der Waals surface area (Å²) in [5.74, 6) is 0.917. The number of nitrogens with zero attached hydrogens (tertiary/aromatic N) is 4. The Kier molecular flexibility index (Phi) is 4.40. The second-order valence-electron chi connectivity index (χ2n) is 9.52. The molecule has 6 N–H and O–H groups in total. The highest BCUT2D eigenvalue weighted by Gasteiger charge is 2.66. The fourth-order valence-electron chi connectivity index (χ4n) is 6.03. The molecule has 2 aliphatic rings. The SMILES string of the molecule is Nc1nc2cc(CC[C@@]34CC[C@@H]3C[C@](O)(n3ccc5c(N)ncnc53)[C@@H]4O)ccc2cc1Cl. The number of aryl methyl sites for hydroxylation is 1. The Labute approximate surface area is 195 Å². The van der Waals surface area contributed by atoms with E-state index in [0.29, 0.717) is 34.1 Å². The topological polar surface area (TPSA) is 136 Å². The number of nitrogen functional groups attached to an aromatic ring is 2. The minimum Gasteiger partial charge on any atom is -0.388 e. The number of nitrogens with two attached hydrogens (primary N) is 2. The predicted molar refractivity (Wildman–Crippen MR) is 127 cm³/mol. The zero-order chi connectivity index (χ0) is 23.0. The van der Waals surface area contributed by atoms with Crippen molar-refractivity contribution in [3.8, 4) is 0 Å². The van der Waals surface area contributed by atoms with E-state index in [4.69, 9.17) is 23.1 Å². The molecule has 4 aromatic rings. The molecule has 170 valence electrons. The first-order valence-corrected chi connectivity index (χ1v) is 11.5. The van der Waals surface area contributed by atoms with Crippen molar-refractivity contribution in [3.63, 3.8) is 0 Å². The summed E-state index contributed by atoms with van der Waals surface area (Å²) in [6.07, 6.45) is 6.12. The molecule has 0 aliphatic heterocycles. The minimum absolute atomic E-state index is 0.238. The fraction of sp³-hybridized carbons (Fsp3) is 0.375. The van der Waals surface area contributed by atoms with Gasteiger partial charge in [0.1, 0.15) is 29.7 Å². The number of rotatable bonds is 4. The summed E-state index contributed by atoms with van der Waals surface area (Å²) in [6, 6.07) is 9.70. The summed E-state index contributed by atoms with van der Waals surface area (Å²) in [7, 11) is 0. The number of hydrogen-bond donors (Lipinski definition) is 4. The van der Waals surface area contributed by atoms with Gasteiger partial charge < -0.3 is 26.2 Å². The summed E-state index contributed by atoms with van der Waals surface area (Å²) < 4.78 is 1.68. The zero-order valence-corrected chi connectivity index (χ0v) is 18.7. The quantitative estimate of drug-likeness (QED) is 0.364. The largest absolute Gasteiger partial charge is 0.388 e. The lowest BCUT2D eigenvalue weighted by Crippen LogP contribution is -2.50. The third-order valence-electron chi connectivity index (χ3n) is 7.97. The number of aliphatic hydroxyl groups excluding tert-OH is 1. The smallest absolute Gasteiger partial charge is 0.169 e. The second-order valence-corrected chi connectivity index (χ2v) is 9.93. The lowest BCUT2D eigenvalue weighted by Gasteiger charge is -2.47. The Morgan fingerprint density at radius 1 is 1.15 bits per heavy atom. The van der Waals surface area contributed by atoms with Gasteiger partial charge in [-0.1, -0.05) is 23.7 Å². The van der Waals surface area contributed by atoms with E-state index in [-0.39, 0.29) is 11.3 Å². The maximum Gasteiger partial charge on any atom is 0.169 e. The highest BCUT2D eigenvalue weighted by atomic mass is 35.5. The number of fused-ring (bicyclic) bond motifs is 3. The molecule has 0 radical (unpaired) electrons. The molecule has 9 heteroatoms. The van der Waals surface area contributed by atoms with Crippen LogP contribution >= 0.6 is 11.6 Å².